The van der Waals surface area contributed by atoms with Gasteiger partial charge in [0.1, 0.15) is 5.82 Å². The number of rotatable bonds is 4. The number of aromatic nitrogens is 4. The number of nitrogens with one attached hydrogen (secondary N) is 1. The Labute approximate surface area is 144 Å². The van der Waals surface area contributed by atoms with Crippen molar-refractivity contribution in [2.45, 2.75) is 18.8 Å². The van der Waals surface area contributed by atoms with Crippen LogP contribution in [0.15, 0.2) is 48.2 Å². The van der Waals surface area contributed by atoms with Crippen LogP contribution < -0.4 is 10.2 Å². The Hall–Kier alpha value is -2.54. The monoisotopic (exact) mass is 338 g/mol. The van der Waals surface area contributed by atoms with Crippen LogP contribution in [0.2, 0.25) is 0 Å². The van der Waals surface area contributed by atoms with Gasteiger partial charge in [-0.1, -0.05) is 6.07 Å². The minimum Gasteiger partial charge on any atom is -0.341 e. The molecule has 0 atom stereocenters. The van der Waals surface area contributed by atoms with E-state index >= 15 is 0 Å². The van der Waals surface area contributed by atoms with Crippen LogP contribution in [0.1, 0.15) is 24.5 Å². The molecule has 6 nitrogen and oxygen atoms in total. The van der Waals surface area contributed by atoms with Crippen molar-refractivity contribution in [1.82, 2.24) is 19.9 Å². The van der Waals surface area contributed by atoms with Crippen molar-refractivity contribution < 1.29 is 0 Å². The van der Waals surface area contributed by atoms with Gasteiger partial charge in [-0.15, -0.1) is 11.3 Å². The molecule has 0 aromatic carbocycles. The molecule has 3 aromatic heterocycles. The van der Waals surface area contributed by atoms with Gasteiger partial charge in [-0.2, -0.15) is 0 Å². The fourth-order valence-corrected chi connectivity index (χ4v) is 3.51. The van der Waals surface area contributed by atoms with Gasteiger partial charge in [0.05, 0.1) is 0 Å². The quantitative estimate of drug-likeness (QED) is 0.786. The third kappa shape index (κ3) is 3.35. The van der Waals surface area contributed by atoms with Crippen molar-refractivity contribution >= 4 is 28.2 Å². The maximum absolute atomic E-state index is 4.77. The smallest absolute Gasteiger partial charge is 0.225 e. The Bertz CT molecular complexity index is 769. The summed E-state index contributed by atoms with van der Waals surface area (Å²) in [7, 11) is 0. The van der Waals surface area contributed by atoms with E-state index in [1.165, 1.54) is 0 Å². The molecule has 0 amide bonds. The van der Waals surface area contributed by atoms with Crippen molar-refractivity contribution in [1.29, 1.82) is 0 Å². The maximum Gasteiger partial charge on any atom is 0.225 e. The van der Waals surface area contributed by atoms with Gasteiger partial charge in [0.15, 0.2) is 5.13 Å². The molecule has 24 heavy (non-hydrogen) atoms. The van der Waals surface area contributed by atoms with Crippen LogP contribution in [0.4, 0.5) is 16.9 Å². The Morgan fingerprint density at radius 2 is 1.83 bits per heavy atom. The molecule has 0 radical (unpaired) electrons. The molecular formula is C17H18N6S. The second kappa shape index (κ2) is 6.92. The fourth-order valence-electron chi connectivity index (χ4n) is 2.97. The van der Waals surface area contributed by atoms with Gasteiger partial charge in [-0.25, -0.2) is 19.9 Å². The lowest BCUT2D eigenvalue weighted by atomic mass is 9.93. The van der Waals surface area contributed by atoms with E-state index in [0.717, 1.165) is 48.5 Å². The zero-order valence-corrected chi connectivity index (χ0v) is 14.0. The van der Waals surface area contributed by atoms with Crippen molar-refractivity contribution in [2.24, 2.45) is 0 Å². The minimum atomic E-state index is 0.475. The van der Waals surface area contributed by atoms with Gasteiger partial charge in [-0.05, 0) is 31.0 Å². The largest absolute Gasteiger partial charge is 0.341 e. The molecule has 0 spiro atoms. The van der Waals surface area contributed by atoms with Crippen LogP contribution in [0, 0.1) is 0 Å². The van der Waals surface area contributed by atoms with Gasteiger partial charge in [0.2, 0.25) is 5.95 Å². The first-order chi connectivity index (χ1) is 11.9. The first-order valence-corrected chi connectivity index (χ1v) is 8.92. The number of hydrogen-bond acceptors (Lipinski definition) is 7. The third-order valence-corrected chi connectivity index (χ3v) is 4.87. The average molecular weight is 338 g/mol. The Morgan fingerprint density at radius 1 is 1.00 bits per heavy atom. The minimum absolute atomic E-state index is 0.475. The highest BCUT2D eigenvalue weighted by molar-refractivity contribution is 7.13. The zero-order chi connectivity index (χ0) is 16.2. The summed E-state index contributed by atoms with van der Waals surface area (Å²) in [6.45, 7) is 1.92. The van der Waals surface area contributed by atoms with Crippen LogP contribution in [0.25, 0.3) is 0 Å². The zero-order valence-electron chi connectivity index (χ0n) is 13.2. The summed E-state index contributed by atoms with van der Waals surface area (Å²) >= 11 is 1.57. The van der Waals surface area contributed by atoms with Crippen molar-refractivity contribution in [2.75, 3.05) is 23.3 Å². The van der Waals surface area contributed by atoms with Gasteiger partial charge < -0.3 is 10.2 Å². The molecule has 3 aromatic rings. The number of hydrogen-bond donors (Lipinski definition) is 1. The van der Waals surface area contributed by atoms with Gasteiger partial charge in [0.25, 0.3) is 0 Å². The van der Waals surface area contributed by atoms with Crippen molar-refractivity contribution in [3.8, 4) is 0 Å². The normalized spacial score (nSPS) is 15.4. The standard InChI is InChI=1S/C17H18N6S/c1-3-14(21-15(4-1)22-17-20-9-12-24-17)13-5-10-23(11-6-13)16-18-7-2-8-19-16/h1-4,7-9,12-13H,5-6,10-11H2,(H,20,21,22). The van der Waals surface area contributed by atoms with E-state index < -0.39 is 0 Å². The van der Waals surface area contributed by atoms with Crippen LogP contribution in [0.3, 0.4) is 0 Å². The van der Waals surface area contributed by atoms with E-state index in [2.05, 4.69) is 37.3 Å². The van der Waals surface area contributed by atoms with Gasteiger partial charge in [-0.3, -0.25) is 0 Å². The lowest BCUT2D eigenvalue weighted by Crippen LogP contribution is -2.34. The second-order valence-corrected chi connectivity index (χ2v) is 6.61. The SMILES string of the molecule is c1cnc(N2CCC(c3cccc(Nc4nccs4)n3)CC2)nc1. The van der Waals surface area contributed by atoms with E-state index in [-0.39, 0.29) is 0 Å². The molecule has 1 N–H and O–H groups in total. The number of piperidine rings is 1. The summed E-state index contributed by atoms with van der Waals surface area (Å²) < 4.78 is 0. The van der Waals surface area contributed by atoms with Gasteiger partial charge >= 0.3 is 0 Å². The average Bonchev–Trinajstić information content (AvgIpc) is 3.16. The summed E-state index contributed by atoms with van der Waals surface area (Å²) in [5.74, 6) is 2.15. The maximum atomic E-state index is 4.77. The molecule has 0 unspecified atom stereocenters. The number of anilines is 3. The van der Waals surface area contributed by atoms with E-state index in [4.69, 9.17) is 4.98 Å². The molecule has 1 saturated heterocycles. The lowest BCUT2D eigenvalue weighted by Gasteiger charge is -2.31. The molecule has 122 valence electrons. The first kappa shape index (κ1) is 15.0. The highest BCUT2D eigenvalue weighted by Crippen LogP contribution is 2.29. The Kier molecular flexibility index (Phi) is 4.33. The Morgan fingerprint density at radius 3 is 2.58 bits per heavy atom. The third-order valence-electron chi connectivity index (χ3n) is 4.19. The molecule has 7 heteroatoms. The van der Waals surface area contributed by atoms with Crippen LogP contribution >= 0.6 is 11.3 Å². The molecule has 0 bridgehead atoms. The van der Waals surface area contributed by atoms with E-state index in [1.54, 1.807) is 29.9 Å². The highest BCUT2D eigenvalue weighted by atomic mass is 32.1. The highest BCUT2D eigenvalue weighted by Gasteiger charge is 2.23. The predicted octanol–water partition coefficient (Wildman–Crippen LogP) is 3.46. The van der Waals surface area contributed by atoms with E-state index in [0.29, 0.717) is 5.92 Å². The van der Waals surface area contributed by atoms with E-state index in [1.807, 2.05) is 17.5 Å². The van der Waals surface area contributed by atoms with Crippen molar-refractivity contribution in [3.63, 3.8) is 0 Å². The first-order valence-electron chi connectivity index (χ1n) is 8.04. The predicted molar refractivity (Wildman–Crippen MR) is 95.9 cm³/mol. The molecule has 1 fully saturated rings. The fraction of sp³-hybridized carbons (Fsp3) is 0.294. The Balaban J connectivity index is 1.42. The molecule has 4 heterocycles. The molecule has 0 saturated carbocycles. The number of nitrogens with zero attached hydrogens (tertiary/aromatic N) is 5. The topological polar surface area (TPSA) is 66.8 Å². The van der Waals surface area contributed by atoms with Gasteiger partial charge in [0, 0.05) is 48.7 Å². The lowest BCUT2D eigenvalue weighted by molar-refractivity contribution is 0.491. The summed E-state index contributed by atoms with van der Waals surface area (Å²) in [4.78, 5) is 19.9. The molecule has 1 aliphatic rings. The second-order valence-electron chi connectivity index (χ2n) is 5.72. The van der Waals surface area contributed by atoms with Crippen LogP contribution in [-0.2, 0) is 0 Å². The number of pyridine rings is 1. The molecule has 1 aliphatic heterocycles. The summed E-state index contributed by atoms with van der Waals surface area (Å²) in [5.41, 5.74) is 1.14. The van der Waals surface area contributed by atoms with E-state index in [9.17, 15) is 0 Å². The van der Waals surface area contributed by atoms with Crippen LogP contribution in [-0.4, -0.2) is 33.0 Å². The summed E-state index contributed by atoms with van der Waals surface area (Å²) in [6.07, 6.45) is 7.50. The number of thiazole rings is 1. The van der Waals surface area contributed by atoms with Crippen LogP contribution in [0.5, 0.6) is 0 Å². The summed E-state index contributed by atoms with van der Waals surface area (Å²) in [6, 6.07) is 8.01. The molecule has 4 rings (SSSR count). The van der Waals surface area contributed by atoms with Crippen molar-refractivity contribution in [3.05, 3.63) is 53.9 Å². The molecular weight excluding hydrogens is 320 g/mol. The summed E-state index contributed by atoms with van der Waals surface area (Å²) in [5, 5.41) is 6.09. The molecule has 0 aliphatic carbocycles.